The molecule has 0 aromatic carbocycles. The molecule has 1 saturated heterocycles. The van der Waals surface area contributed by atoms with E-state index in [1.54, 1.807) is 0 Å². The van der Waals surface area contributed by atoms with Crippen LogP contribution < -0.4 is 5.73 Å². The Labute approximate surface area is 118 Å². The SMILES string of the molecule is C[C@@]1(O)[C@H](O)[C@@H](CO)O[C@H]1n1cnc2c(N)ncc(F)c21. The zero-order valence-electron chi connectivity index (χ0n) is 11.1. The average Bonchev–Trinajstić information content (AvgIpc) is 2.97. The van der Waals surface area contributed by atoms with E-state index in [1.165, 1.54) is 17.8 Å². The summed E-state index contributed by atoms with van der Waals surface area (Å²) in [5, 5.41) is 29.6. The molecule has 1 fully saturated rings. The molecule has 3 rings (SSSR count). The number of imidazole rings is 1. The lowest BCUT2D eigenvalue weighted by molar-refractivity contribution is -0.0950. The standard InChI is InChI=1S/C12H15FN4O4/c1-12(20)9(19)6(3-18)21-11(12)17-4-16-7-8(17)5(13)2-15-10(7)14/h2,4,6,9,11,18-20H,3H2,1H3,(H2,14,15)/t6-,9-,11-,12-/m1/s1. The number of pyridine rings is 1. The highest BCUT2D eigenvalue weighted by Crippen LogP contribution is 2.40. The molecule has 114 valence electrons. The van der Waals surface area contributed by atoms with Crippen molar-refractivity contribution < 1.29 is 24.4 Å². The summed E-state index contributed by atoms with van der Waals surface area (Å²) in [7, 11) is 0. The fourth-order valence-electron chi connectivity index (χ4n) is 2.60. The number of anilines is 1. The molecule has 2 aromatic rings. The molecule has 1 aliphatic heterocycles. The van der Waals surface area contributed by atoms with Crippen molar-refractivity contribution >= 4 is 16.9 Å². The summed E-state index contributed by atoms with van der Waals surface area (Å²) < 4.78 is 20.7. The van der Waals surface area contributed by atoms with Crippen molar-refractivity contribution in [2.75, 3.05) is 12.3 Å². The highest BCUT2D eigenvalue weighted by Gasteiger charge is 2.53. The minimum Gasteiger partial charge on any atom is -0.394 e. The summed E-state index contributed by atoms with van der Waals surface area (Å²) in [6.45, 7) is 0.860. The highest BCUT2D eigenvalue weighted by molar-refractivity contribution is 5.85. The van der Waals surface area contributed by atoms with Crippen molar-refractivity contribution in [3.63, 3.8) is 0 Å². The predicted octanol–water partition coefficient (Wildman–Crippen LogP) is -0.846. The Kier molecular flexibility index (Phi) is 3.10. The average molecular weight is 298 g/mol. The lowest BCUT2D eigenvalue weighted by Gasteiger charge is -2.27. The van der Waals surface area contributed by atoms with Crippen molar-refractivity contribution in [3.8, 4) is 0 Å². The van der Waals surface area contributed by atoms with Crippen LogP contribution in [0.1, 0.15) is 13.2 Å². The first-order valence-electron chi connectivity index (χ1n) is 6.31. The Bertz CT molecular complexity index is 689. The van der Waals surface area contributed by atoms with Gasteiger partial charge in [0.25, 0.3) is 0 Å². The van der Waals surface area contributed by atoms with Crippen LogP contribution in [0.4, 0.5) is 10.2 Å². The molecule has 0 aliphatic carbocycles. The van der Waals surface area contributed by atoms with Gasteiger partial charge >= 0.3 is 0 Å². The van der Waals surface area contributed by atoms with E-state index < -0.39 is 36.5 Å². The molecule has 0 bridgehead atoms. The summed E-state index contributed by atoms with van der Waals surface area (Å²) in [4.78, 5) is 7.63. The number of hydrogen-bond acceptors (Lipinski definition) is 7. The van der Waals surface area contributed by atoms with Crippen LogP contribution in [0.25, 0.3) is 11.0 Å². The van der Waals surface area contributed by atoms with Gasteiger partial charge in [0.15, 0.2) is 17.9 Å². The van der Waals surface area contributed by atoms with Crippen molar-refractivity contribution in [1.29, 1.82) is 0 Å². The molecule has 2 aromatic heterocycles. The molecule has 0 unspecified atom stereocenters. The Morgan fingerprint density at radius 2 is 2.24 bits per heavy atom. The summed E-state index contributed by atoms with van der Waals surface area (Å²) in [5.41, 5.74) is 4.06. The summed E-state index contributed by atoms with van der Waals surface area (Å²) in [5.74, 6) is -0.639. The molecule has 0 spiro atoms. The highest BCUT2D eigenvalue weighted by atomic mass is 19.1. The Morgan fingerprint density at radius 1 is 1.52 bits per heavy atom. The second kappa shape index (κ2) is 4.60. The van der Waals surface area contributed by atoms with E-state index in [1.807, 2.05) is 0 Å². The molecule has 3 heterocycles. The van der Waals surface area contributed by atoms with Crippen LogP contribution in [0.5, 0.6) is 0 Å². The molecule has 4 atom stereocenters. The lowest BCUT2D eigenvalue weighted by Crippen LogP contribution is -2.44. The monoisotopic (exact) mass is 298 g/mol. The molecule has 0 amide bonds. The van der Waals surface area contributed by atoms with Crippen LogP contribution in [0.3, 0.4) is 0 Å². The fraction of sp³-hybridized carbons (Fsp3) is 0.500. The van der Waals surface area contributed by atoms with Crippen molar-refractivity contribution in [2.24, 2.45) is 0 Å². The largest absolute Gasteiger partial charge is 0.394 e. The van der Waals surface area contributed by atoms with E-state index in [9.17, 15) is 19.7 Å². The third kappa shape index (κ3) is 1.89. The fourth-order valence-corrected chi connectivity index (χ4v) is 2.60. The van der Waals surface area contributed by atoms with E-state index in [2.05, 4.69) is 9.97 Å². The number of aliphatic hydroxyl groups is 3. The zero-order chi connectivity index (χ0) is 15.4. The first kappa shape index (κ1) is 14.1. The predicted molar refractivity (Wildman–Crippen MR) is 69.5 cm³/mol. The molecule has 0 radical (unpaired) electrons. The first-order valence-corrected chi connectivity index (χ1v) is 6.31. The Hall–Kier alpha value is -1.81. The maximum Gasteiger partial charge on any atom is 0.167 e. The van der Waals surface area contributed by atoms with Crippen LogP contribution >= 0.6 is 0 Å². The van der Waals surface area contributed by atoms with Crippen molar-refractivity contribution in [1.82, 2.24) is 14.5 Å². The molecule has 9 heteroatoms. The van der Waals surface area contributed by atoms with Crippen LogP contribution in [0.15, 0.2) is 12.5 Å². The van der Waals surface area contributed by atoms with Crippen LogP contribution in [-0.2, 0) is 4.74 Å². The van der Waals surface area contributed by atoms with Gasteiger partial charge in [-0.1, -0.05) is 0 Å². The van der Waals surface area contributed by atoms with Crippen LogP contribution in [-0.4, -0.2) is 54.3 Å². The number of aliphatic hydroxyl groups excluding tert-OH is 2. The van der Waals surface area contributed by atoms with Gasteiger partial charge in [0.05, 0.1) is 19.1 Å². The van der Waals surface area contributed by atoms with Gasteiger partial charge in [0, 0.05) is 0 Å². The maximum absolute atomic E-state index is 14.0. The number of halogens is 1. The van der Waals surface area contributed by atoms with Crippen molar-refractivity contribution in [2.45, 2.75) is 31.0 Å². The normalized spacial score (nSPS) is 32.9. The Morgan fingerprint density at radius 3 is 2.86 bits per heavy atom. The number of rotatable bonds is 2. The van der Waals surface area contributed by atoms with E-state index in [0.717, 1.165) is 6.20 Å². The Balaban J connectivity index is 2.15. The number of aromatic nitrogens is 3. The topological polar surface area (TPSA) is 127 Å². The van der Waals surface area contributed by atoms with Gasteiger partial charge in [-0.3, -0.25) is 4.57 Å². The van der Waals surface area contributed by atoms with Gasteiger partial charge in [0.2, 0.25) is 0 Å². The van der Waals surface area contributed by atoms with E-state index in [0.29, 0.717) is 0 Å². The van der Waals surface area contributed by atoms with Gasteiger partial charge in [-0.2, -0.15) is 0 Å². The number of nitrogen functional groups attached to an aromatic ring is 1. The van der Waals surface area contributed by atoms with Gasteiger partial charge in [-0.25, -0.2) is 14.4 Å². The number of fused-ring (bicyclic) bond motifs is 1. The van der Waals surface area contributed by atoms with Gasteiger partial charge in [-0.15, -0.1) is 0 Å². The molecule has 8 nitrogen and oxygen atoms in total. The summed E-state index contributed by atoms with van der Waals surface area (Å²) >= 11 is 0. The first-order chi connectivity index (χ1) is 9.87. The van der Waals surface area contributed by atoms with Gasteiger partial charge < -0.3 is 25.8 Å². The molecule has 0 saturated carbocycles. The second-order valence-electron chi connectivity index (χ2n) is 5.22. The van der Waals surface area contributed by atoms with Crippen LogP contribution in [0.2, 0.25) is 0 Å². The summed E-state index contributed by atoms with van der Waals surface area (Å²) in [6, 6.07) is 0. The maximum atomic E-state index is 14.0. The third-order valence-electron chi connectivity index (χ3n) is 3.77. The molecule has 5 N–H and O–H groups in total. The second-order valence-corrected chi connectivity index (χ2v) is 5.22. The number of nitrogens with two attached hydrogens (primary N) is 1. The van der Waals surface area contributed by atoms with Crippen LogP contribution in [0, 0.1) is 5.82 Å². The van der Waals surface area contributed by atoms with E-state index >= 15 is 0 Å². The molecular weight excluding hydrogens is 283 g/mol. The zero-order valence-corrected chi connectivity index (χ0v) is 11.1. The smallest absolute Gasteiger partial charge is 0.167 e. The van der Waals surface area contributed by atoms with E-state index in [-0.39, 0.29) is 16.9 Å². The number of hydrogen-bond donors (Lipinski definition) is 4. The number of nitrogens with zero attached hydrogens (tertiary/aromatic N) is 3. The quantitative estimate of drug-likeness (QED) is 0.569. The number of ether oxygens (including phenoxy) is 1. The van der Waals surface area contributed by atoms with E-state index in [4.69, 9.17) is 10.5 Å². The molecule has 1 aliphatic rings. The van der Waals surface area contributed by atoms with Crippen molar-refractivity contribution in [3.05, 3.63) is 18.3 Å². The molecular formula is C12H15FN4O4. The lowest BCUT2D eigenvalue weighted by atomic mass is 9.96. The third-order valence-corrected chi connectivity index (χ3v) is 3.77. The van der Waals surface area contributed by atoms with Gasteiger partial charge in [0.1, 0.15) is 28.8 Å². The van der Waals surface area contributed by atoms with Gasteiger partial charge in [-0.05, 0) is 6.92 Å². The minimum absolute atomic E-state index is 0.0126. The minimum atomic E-state index is -1.73. The molecule has 21 heavy (non-hydrogen) atoms. The summed E-state index contributed by atoms with van der Waals surface area (Å²) in [6.07, 6.45) is -1.24.